The molecule has 0 saturated carbocycles. The molecule has 0 radical (unpaired) electrons. The van der Waals surface area contributed by atoms with Gasteiger partial charge in [0.2, 0.25) is 0 Å². The fourth-order valence-electron chi connectivity index (χ4n) is 19.8. The van der Waals surface area contributed by atoms with E-state index in [1.165, 1.54) is 66.4 Å². The number of nitrogens with zero attached hydrogens (tertiary/aromatic N) is 4. The normalized spacial score (nSPS) is 14.9. The van der Waals surface area contributed by atoms with Crippen LogP contribution in [0.4, 0.5) is 34.1 Å². The lowest BCUT2D eigenvalue weighted by Crippen LogP contribution is -2.61. The molecule has 17 rings (SSSR count). The number of fused-ring (bicyclic) bond motifs is 10. The summed E-state index contributed by atoms with van der Waals surface area (Å²) in [5, 5.41) is 2.40. The zero-order valence-electron chi connectivity index (χ0n) is 90.3. The van der Waals surface area contributed by atoms with Crippen LogP contribution < -0.4 is 26.2 Å². The van der Waals surface area contributed by atoms with Crippen LogP contribution in [0.15, 0.2) is 242 Å². The Morgan fingerprint density at radius 1 is 0.236 bits per heavy atom. The van der Waals surface area contributed by atoms with Crippen molar-refractivity contribution in [1.82, 2.24) is 9.13 Å². The van der Waals surface area contributed by atoms with Crippen LogP contribution in [-0.4, -0.2) is 15.8 Å². The van der Waals surface area contributed by atoms with Crippen LogP contribution in [0, 0.1) is 0 Å². The molecule has 650 valence electrons. The lowest BCUT2D eigenvalue weighted by atomic mass is 9.33. The molecule has 4 heterocycles. The quantitative estimate of drug-likeness (QED) is 0.141. The Hall–Kier alpha value is -10.9. The molecule has 15 aromatic rings. The van der Waals surface area contributed by atoms with Gasteiger partial charge in [0.25, 0.3) is 6.71 Å². The van der Waals surface area contributed by atoms with Crippen molar-refractivity contribution in [1.29, 1.82) is 0 Å². The minimum absolute atomic E-state index is 0.0145. The minimum atomic E-state index is -0.568. The molecule has 13 aromatic carbocycles. The van der Waals surface area contributed by atoms with Gasteiger partial charge < -0.3 is 18.9 Å². The SMILES string of the molecule is [2H]c1c([2H])c([2H])c2c(c1[2H])c1c([2H])c([2H])c([2H])c([2H])c1n2-c1ccc2c(c1)N(c1c(-c3ccc(C(C)(C)C)cc3)cc(C(C)(C)C)cc1-c1ccc(C(C)(C)C)cc1C(C)(C)C)c1cc(C(C)(C)C)cc3c1B2c1ccc(-n2c4ccc(C(C)(C)C)cc4c4cc(C(C)(C)C)ccc42)cc1N3c1c(-c2ccc(C(C)(C)C)cc2)cc(C(C)(C)C)cc1-c1c(C(C)(C)C)cccc1C(C)(C)C. The first-order valence-corrected chi connectivity index (χ1v) is 46.3. The Morgan fingerprint density at radius 2 is 0.567 bits per heavy atom. The van der Waals surface area contributed by atoms with Crippen LogP contribution in [0.5, 0.6) is 0 Å². The number of para-hydroxylation sites is 2. The maximum Gasteiger partial charge on any atom is 0.252 e. The summed E-state index contributed by atoms with van der Waals surface area (Å²) >= 11 is 0. The van der Waals surface area contributed by atoms with E-state index in [1.807, 2.05) is 6.07 Å². The highest BCUT2D eigenvalue weighted by Gasteiger charge is 2.48. The van der Waals surface area contributed by atoms with Gasteiger partial charge in [-0.1, -0.05) is 374 Å². The van der Waals surface area contributed by atoms with E-state index in [1.54, 1.807) is 4.57 Å². The van der Waals surface area contributed by atoms with E-state index in [-0.39, 0.29) is 89.3 Å². The zero-order chi connectivity index (χ0) is 98.6. The standard InChI is InChI=1S/C122H139BN4/c1-112(2,3)76-49-45-74(46-50-76)89-65-81(117(16,17)18)67-93(86-58-53-80(116(13,14)15)69-97(86)122(31,32)33)110(89)126-104-72-84(124-100-43-36-34-39-87(100)88-40-35-37-44-101(88)124)56-59-98(104)123-99-60-57-85(125-102-61-54-78(114(7,8)9)63-91(102)92-64-79(115(10,11)12)55-62-103(92)125)73-105(99)127(107-71-83(119(22,23)24)70-106(126)109(107)123)111-90(75-47-51-77(52-48-75)113(4,5)6)66-82(118(19,20)21)68-94(111)108-95(120(25,26)27)41-38-42-96(108)121(28,29)30/h34-73H,1-33H3/i34D,35D,36D,37D,39D,40D,43D,44D. The monoisotopic (exact) mass is 1680 g/mol. The van der Waals surface area contributed by atoms with Crippen LogP contribution in [0.3, 0.4) is 0 Å². The second-order valence-corrected chi connectivity index (χ2v) is 48.3. The van der Waals surface area contributed by atoms with E-state index in [0.717, 1.165) is 117 Å². The largest absolute Gasteiger partial charge is 0.310 e. The summed E-state index contributed by atoms with van der Waals surface area (Å²) in [4.78, 5) is 5.32. The van der Waals surface area contributed by atoms with E-state index < -0.39 is 47.1 Å². The zero-order valence-corrected chi connectivity index (χ0v) is 82.3. The molecule has 0 aliphatic carbocycles. The van der Waals surface area contributed by atoms with Crippen molar-refractivity contribution in [2.45, 2.75) is 288 Å². The molecular weight excluding hydrogens is 1530 g/mol. The third kappa shape index (κ3) is 15.5. The average molecular weight is 1680 g/mol. The molecule has 127 heavy (non-hydrogen) atoms. The molecule has 0 N–H and O–H groups in total. The first kappa shape index (κ1) is 78.4. The molecule has 0 bridgehead atoms. The predicted octanol–water partition coefficient (Wildman–Crippen LogP) is 32.9. The molecule has 2 aromatic heterocycles. The van der Waals surface area contributed by atoms with E-state index in [9.17, 15) is 11.0 Å². The molecule has 0 amide bonds. The Kier molecular flexibility index (Phi) is 18.4. The summed E-state index contributed by atoms with van der Waals surface area (Å²) in [5.74, 6) is 0. The van der Waals surface area contributed by atoms with Crippen molar-refractivity contribution < 1.29 is 11.0 Å². The van der Waals surface area contributed by atoms with Gasteiger partial charge in [-0.2, -0.15) is 0 Å². The second kappa shape index (κ2) is 29.9. The van der Waals surface area contributed by atoms with Crippen LogP contribution in [-0.2, 0) is 59.6 Å². The molecule has 0 spiro atoms. The van der Waals surface area contributed by atoms with Crippen LogP contribution in [0.1, 0.15) is 301 Å². The summed E-state index contributed by atoms with van der Waals surface area (Å²) in [6.45, 7) is 76.3. The summed E-state index contributed by atoms with van der Waals surface area (Å²) in [7, 11) is 0. The molecule has 4 nitrogen and oxygen atoms in total. The predicted molar refractivity (Wildman–Crippen MR) is 557 cm³/mol. The van der Waals surface area contributed by atoms with Crippen molar-refractivity contribution in [2.75, 3.05) is 9.80 Å². The molecule has 2 aliphatic heterocycles. The number of anilines is 6. The Labute approximate surface area is 773 Å². The third-order valence-electron chi connectivity index (χ3n) is 27.4. The smallest absolute Gasteiger partial charge is 0.252 e. The topological polar surface area (TPSA) is 16.3 Å². The highest BCUT2D eigenvalue weighted by Crippen LogP contribution is 2.59. The highest BCUT2D eigenvalue weighted by molar-refractivity contribution is 7.00. The molecular formula is C122H139BN4. The molecule has 0 fully saturated rings. The fourth-order valence-corrected chi connectivity index (χ4v) is 19.8. The first-order chi connectivity index (χ1) is 62.3. The van der Waals surface area contributed by atoms with Crippen LogP contribution >= 0.6 is 0 Å². The lowest BCUT2D eigenvalue weighted by molar-refractivity contribution is 0.569. The van der Waals surface area contributed by atoms with Gasteiger partial charge in [-0.05, 0) is 256 Å². The molecule has 0 atom stereocenters. The van der Waals surface area contributed by atoms with Gasteiger partial charge in [-0.15, -0.1) is 0 Å². The maximum atomic E-state index is 10.2. The van der Waals surface area contributed by atoms with Gasteiger partial charge >= 0.3 is 0 Å². The van der Waals surface area contributed by atoms with Gasteiger partial charge in [0.15, 0.2) is 0 Å². The Morgan fingerprint density at radius 3 is 0.953 bits per heavy atom. The van der Waals surface area contributed by atoms with Crippen molar-refractivity contribution in [3.05, 3.63) is 304 Å². The minimum Gasteiger partial charge on any atom is -0.310 e. The summed E-state index contributed by atoms with van der Waals surface area (Å²) in [6, 6.07) is 72.7. The molecule has 0 saturated heterocycles. The van der Waals surface area contributed by atoms with Gasteiger partial charge in [0.1, 0.15) is 0 Å². The van der Waals surface area contributed by atoms with Gasteiger partial charge in [-0.25, -0.2) is 0 Å². The fraction of sp³-hybridized carbons (Fsp3) is 0.361. The highest BCUT2D eigenvalue weighted by atomic mass is 15.2. The van der Waals surface area contributed by atoms with Crippen LogP contribution in [0.25, 0.3) is 99.5 Å². The van der Waals surface area contributed by atoms with E-state index in [0.29, 0.717) is 5.69 Å². The van der Waals surface area contributed by atoms with Crippen molar-refractivity contribution in [3.63, 3.8) is 0 Å². The summed E-state index contributed by atoms with van der Waals surface area (Å²) < 4.78 is 82.2. The van der Waals surface area contributed by atoms with Crippen LogP contribution in [0.2, 0.25) is 0 Å². The summed E-state index contributed by atoms with van der Waals surface area (Å²) in [5.41, 5.74) is 30.9. The third-order valence-corrected chi connectivity index (χ3v) is 27.4. The number of hydrogen-bond acceptors (Lipinski definition) is 2. The van der Waals surface area contributed by atoms with Gasteiger partial charge in [0, 0.05) is 77.9 Å². The number of aromatic nitrogens is 2. The maximum absolute atomic E-state index is 10.2. The molecule has 5 heteroatoms. The van der Waals surface area contributed by atoms with Crippen molar-refractivity contribution >= 4 is 101 Å². The van der Waals surface area contributed by atoms with E-state index in [2.05, 4.69) is 431 Å². The Bertz CT molecular complexity index is 7260. The molecule has 0 unspecified atom stereocenters. The summed E-state index contributed by atoms with van der Waals surface area (Å²) in [6.07, 6.45) is 0. The lowest BCUT2D eigenvalue weighted by Gasteiger charge is -2.47. The van der Waals surface area contributed by atoms with Crippen molar-refractivity contribution in [3.8, 4) is 55.9 Å². The number of benzene rings is 13. The molecule has 2 aliphatic rings. The number of rotatable bonds is 8. The van der Waals surface area contributed by atoms with Crippen molar-refractivity contribution in [2.24, 2.45) is 0 Å². The van der Waals surface area contributed by atoms with E-state index in [4.69, 9.17) is 0 Å². The number of hydrogen-bond donors (Lipinski definition) is 0. The van der Waals surface area contributed by atoms with Gasteiger partial charge in [0.05, 0.1) is 44.4 Å². The first-order valence-electron chi connectivity index (χ1n) is 50.3. The average Bonchev–Trinajstić information content (AvgIpc) is 1.67. The van der Waals surface area contributed by atoms with Gasteiger partial charge in [-0.3, -0.25) is 0 Å². The second-order valence-electron chi connectivity index (χ2n) is 48.3. The van der Waals surface area contributed by atoms with E-state index >= 15 is 0 Å². The Balaban J connectivity index is 1.16.